The van der Waals surface area contributed by atoms with Gasteiger partial charge in [-0.25, -0.2) is 4.98 Å². The molecular weight excluding hydrogens is 222 g/mol. The van der Waals surface area contributed by atoms with Gasteiger partial charge in [0.25, 0.3) is 0 Å². The maximum Gasteiger partial charge on any atom is 0.130 e. The number of aryl methyl sites for hydroxylation is 1. The van der Waals surface area contributed by atoms with Gasteiger partial charge in [0.15, 0.2) is 0 Å². The highest BCUT2D eigenvalue weighted by Crippen LogP contribution is 2.25. The lowest BCUT2D eigenvalue weighted by atomic mass is 9.99. The van der Waals surface area contributed by atoms with Crippen LogP contribution in [0.15, 0.2) is 36.5 Å². The summed E-state index contributed by atoms with van der Waals surface area (Å²) in [5, 5.41) is 6.82. The predicted octanol–water partition coefficient (Wildman–Crippen LogP) is 2.78. The third-order valence-electron chi connectivity index (χ3n) is 3.31. The van der Waals surface area contributed by atoms with Crippen molar-refractivity contribution < 1.29 is 0 Å². The van der Waals surface area contributed by atoms with Crippen LogP contribution in [0.1, 0.15) is 16.7 Å². The second-order valence-corrected chi connectivity index (χ2v) is 4.72. The molecule has 2 heterocycles. The molecule has 0 saturated heterocycles. The highest BCUT2D eigenvalue weighted by molar-refractivity contribution is 5.63. The van der Waals surface area contributed by atoms with Gasteiger partial charge in [-0.05, 0) is 48.7 Å². The molecule has 2 N–H and O–H groups in total. The molecule has 18 heavy (non-hydrogen) atoms. The summed E-state index contributed by atoms with van der Waals surface area (Å²) in [5.41, 5.74) is 5.17. The Balaban J connectivity index is 1.90. The SMILES string of the molecule is Cc1ccc(Nc2cccc3c2CCNC3)nc1. The third kappa shape index (κ3) is 2.22. The molecule has 1 aromatic carbocycles. The predicted molar refractivity (Wildman–Crippen MR) is 74.1 cm³/mol. The van der Waals surface area contributed by atoms with E-state index in [1.807, 2.05) is 19.2 Å². The standard InChI is InChI=1S/C15H17N3/c1-11-5-6-15(17-9-11)18-14-4-2-3-12-10-16-8-7-13(12)14/h2-6,9,16H,7-8,10H2,1H3,(H,17,18). The average molecular weight is 239 g/mol. The molecule has 0 atom stereocenters. The summed E-state index contributed by atoms with van der Waals surface area (Å²) < 4.78 is 0. The van der Waals surface area contributed by atoms with E-state index in [-0.39, 0.29) is 0 Å². The van der Waals surface area contributed by atoms with Crippen LogP contribution in [-0.4, -0.2) is 11.5 Å². The van der Waals surface area contributed by atoms with Gasteiger partial charge in [0, 0.05) is 18.4 Å². The van der Waals surface area contributed by atoms with Crippen LogP contribution in [-0.2, 0) is 13.0 Å². The van der Waals surface area contributed by atoms with E-state index in [9.17, 15) is 0 Å². The first-order chi connectivity index (χ1) is 8.83. The summed E-state index contributed by atoms with van der Waals surface area (Å²) in [7, 11) is 0. The maximum absolute atomic E-state index is 4.40. The van der Waals surface area contributed by atoms with Gasteiger partial charge in [-0.3, -0.25) is 0 Å². The number of rotatable bonds is 2. The van der Waals surface area contributed by atoms with Crippen molar-refractivity contribution in [1.29, 1.82) is 0 Å². The van der Waals surface area contributed by atoms with Crippen molar-refractivity contribution in [3.05, 3.63) is 53.2 Å². The summed E-state index contributed by atoms with van der Waals surface area (Å²) in [6, 6.07) is 10.5. The molecule has 3 nitrogen and oxygen atoms in total. The normalized spacial score (nSPS) is 14.1. The summed E-state index contributed by atoms with van der Waals surface area (Å²) >= 11 is 0. The average Bonchev–Trinajstić information content (AvgIpc) is 2.42. The number of hydrogen-bond acceptors (Lipinski definition) is 3. The lowest BCUT2D eigenvalue weighted by Crippen LogP contribution is -2.24. The number of hydrogen-bond donors (Lipinski definition) is 2. The first kappa shape index (κ1) is 11.2. The van der Waals surface area contributed by atoms with E-state index in [1.165, 1.54) is 22.4 Å². The van der Waals surface area contributed by atoms with E-state index >= 15 is 0 Å². The second kappa shape index (κ2) is 4.78. The fourth-order valence-corrected chi connectivity index (χ4v) is 2.33. The lowest BCUT2D eigenvalue weighted by molar-refractivity contribution is 0.645. The minimum absolute atomic E-state index is 0.910. The number of nitrogens with one attached hydrogen (secondary N) is 2. The zero-order valence-corrected chi connectivity index (χ0v) is 10.5. The number of benzene rings is 1. The van der Waals surface area contributed by atoms with Crippen molar-refractivity contribution in [3.63, 3.8) is 0 Å². The summed E-state index contributed by atoms with van der Waals surface area (Å²) in [4.78, 5) is 4.40. The molecule has 0 bridgehead atoms. The van der Waals surface area contributed by atoms with Gasteiger partial charge in [0.2, 0.25) is 0 Å². The molecule has 1 aromatic heterocycles. The van der Waals surface area contributed by atoms with E-state index in [0.717, 1.165) is 25.3 Å². The molecule has 0 aliphatic carbocycles. The topological polar surface area (TPSA) is 37.0 Å². The van der Waals surface area contributed by atoms with Gasteiger partial charge in [0.05, 0.1) is 0 Å². The zero-order valence-electron chi connectivity index (χ0n) is 10.5. The van der Waals surface area contributed by atoms with E-state index in [2.05, 4.69) is 39.9 Å². The highest BCUT2D eigenvalue weighted by Gasteiger charge is 2.12. The molecule has 0 saturated carbocycles. The minimum Gasteiger partial charge on any atom is -0.340 e. The van der Waals surface area contributed by atoms with Crippen molar-refractivity contribution in [2.75, 3.05) is 11.9 Å². The monoisotopic (exact) mass is 239 g/mol. The van der Waals surface area contributed by atoms with Crippen molar-refractivity contribution >= 4 is 11.5 Å². The molecule has 1 aliphatic heterocycles. The molecular formula is C15H17N3. The molecule has 0 radical (unpaired) electrons. The largest absolute Gasteiger partial charge is 0.340 e. The molecule has 0 amide bonds. The van der Waals surface area contributed by atoms with Crippen LogP contribution in [0.4, 0.5) is 11.5 Å². The van der Waals surface area contributed by atoms with Crippen LogP contribution in [0, 0.1) is 6.92 Å². The Morgan fingerprint density at radius 3 is 3.00 bits per heavy atom. The van der Waals surface area contributed by atoms with E-state index in [4.69, 9.17) is 0 Å². The number of pyridine rings is 1. The second-order valence-electron chi connectivity index (χ2n) is 4.72. The highest BCUT2D eigenvalue weighted by atomic mass is 15.0. The molecule has 3 rings (SSSR count). The van der Waals surface area contributed by atoms with Gasteiger partial charge in [-0.2, -0.15) is 0 Å². The number of nitrogens with zero attached hydrogens (tertiary/aromatic N) is 1. The Hall–Kier alpha value is -1.87. The quantitative estimate of drug-likeness (QED) is 0.846. The van der Waals surface area contributed by atoms with Gasteiger partial charge in [-0.15, -0.1) is 0 Å². The Morgan fingerprint density at radius 2 is 2.17 bits per heavy atom. The van der Waals surface area contributed by atoms with Crippen LogP contribution in [0.25, 0.3) is 0 Å². The van der Waals surface area contributed by atoms with Crippen molar-refractivity contribution in [2.45, 2.75) is 19.9 Å². The fraction of sp³-hybridized carbons (Fsp3) is 0.267. The van der Waals surface area contributed by atoms with Gasteiger partial charge in [-0.1, -0.05) is 18.2 Å². The number of aromatic nitrogens is 1. The van der Waals surface area contributed by atoms with E-state index in [1.54, 1.807) is 0 Å². The Morgan fingerprint density at radius 1 is 1.22 bits per heavy atom. The molecule has 3 heteroatoms. The van der Waals surface area contributed by atoms with Crippen molar-refractivity contribution in [1.82, 2.24) is 10.3 Å². The third-order valence-corrected chi connectivity index (χ3v) is 3.31. The molecule has 92 valence electrons. The maximum atomic E-state index is 4.40. The van der Waals surface area contributed by atoms with Crippen LogP contribution in [0.2, 0.25) is 0 Å². The Bertz CT molecular complexity index is 546. The Labute approximate surface area is 107 Å². The summed E-state index contributed by atoms with van der Waals surface area (Å²) in [5.74, 6) is 0.910. The molecule has 1 aliphatic rings. The molecule has 2 aromatic rings. The number of fused-ring (bicyclic) bond motifs is 1. The van der Waals surface area contributed by atoms with Crippen LogP contribution in [0.5, 0.6) is 0 Å². The molecule has 0 spiro atoms. The summed E-state index contributed by atoms with van der Waals surface area (Å²) in [6.07, 6.45) is 2.96. The first-order valence-electron chi connectivity index (χ1n) is 6.34. The van der Waals surface area contributed by atoms with Crippen molar-refractivity contribution in [3.8, 4) is 0 Å². The molecule has 0 unspecified atom stereocenters. The smallest absolute Gasteiger partial charge is 0.130 e. The van der Waals surface area contributed by atoms with Gasteiger partial charge < -0.3 is 10.6 Å². The van der Waals surface area contributed by atoms with Crippen LogP contribution < -0.4 is 10.6 Å². The van der Waals surface area contributed by atoms with Gasteiger partial charge in [0.1, 0.15) is 5.82 Å². The lowest BCUT2D eigenvalue weighted by Gasteiger charge is -2.20. The zero-order chi connectivity index (χ0) is 12.4. The van der Waals surface area contributed by atoms with Crippen LogP contribution in [0.3, 0.4) is 0 Å². The van der Waals surface area contributed by atoms with E-state index in [0.29, 0.717) is 0 Å². The summed E-state index contributed by atoms with van der Waals surface area (Å²) in [6.45, 7) is 4.06. The Kier molecular flexibility index (Phi) is 2.99. The fourth-order valence-electron chi connectivity index (χ4n) is 2.33. The first-order valence-corrected chi connectivity index (χ1v) is 6.34. The van der Waals surface area contributed by atoms with Crippen molar-refractivity contribution in [2.24, 2.45) is 0 Å². The van der Waals surface area contributed by atoms with Crippen LogP contribution >= 0.6 is 0 Å². The minimum atomic E-state index is 0.910. The number of anilines is 2. The molecule has 0 fully saturated rings. The van der Waals surface area contributed by atoms with Gasteiger partial charge >= 0.3 is 0 Å². The van der Waals surface area contributed by atoms with E-state index < -0.39 is 0 Å².